The van der Waals surface area contributed by atoms with Gasteiger partial charge >= 0.3 is 0 Å². The summed E-state index contributed by atoms with van der Waals surface area (Å²) >= 11 is 0. The Labute approximate surface area is 189 Å². The maximum atomic E-state index is 12.7. The lowest BCUT2D eigenvalue weighted by molar-refractivity contribution is 0.102. The third-order valence-corrected chi connectivity index (χ3v) is 4.86. The Bertz CT molecular complexity index is 1380. The van der Waals surface area contributed by atoms with Gasteiger partial charge in [0.05, 0.1) is 5.69 Å². The van der Waals surface area contributed by atoms with Gasteiger partial charge in [0.15, 0.2) is 5.82 Å². The van der Waals surface area contributed by atoms with Crippen LogP contribution in [-0.4, -0.2) is 35.4 Å². The standard InChI is InChI=1S/C24H20N8O/c1-17-27-22(16-23(28-17)32-14-4-12-26-32)29-19-7-9-20(10-8-19)30-24(33)18-5-2-6-21(15-18)31-13-3-11-25-31/h2-16H,1H3,(H,30,33)(H,27,28,29). The van der Waals surface area contributed by atoms with Crippen molar-refractivity contribution in [3.63, 3.8) is 0 Å². The molecule has 0 radical (unpaired) electrons. The van der Waals surface area contributed by atoms with Crippen LogP contribution in [0.1, 0.15) is 16.2 Å². The monoisotopic (exact) mass is 436 g/mol. The summed E-state index contributed by atoms with van der Waals surface area (Å²) in [4.78, 5) is 21.6. The zero-order valence-corrected chi connectivity index (χ0v) is 17.8. The van der Waals surface area contributed by atoms with Gasteiger partial charge in [0.2, 0.25) is 0 Å². The second-order valence-electron chi connectivity index (χ2n) is 7.27. The number of aryl methyl sites for hydroxylation is 1. The van der Waals surface area contributed by atoms with E-state index in [9.17, 15) is 4.79 Å². The fourth-order valence-corrected chi connectivity index (χ4v) is 3.34. The predicted molar refractivity (Wildman–Crippen MR) is 125 cm³/mol. The number of benzene rings is 2. The van der Waals surface area contributed by atoms with Gasteiger partial charge in [0.25, 0.3) is 5.91 Å². The third-order valence-electron chi connectivity index (χ3n) is 4.86. The molecule has 0 saturated heterocycles. The zero-order chi connectivity index (χ0) is 22.6. The molecule has 0 bridgehead atoms. The number of nitrogens with zero attached hydrogens (tertiary/aromatic N) is 6. The van der Waals surface area contributed by atoms with Gasteiger partial charge in [-0.15, -0.1) is 0 Å². The maximum Gasteiger partial charge on any atom is 0.255 e. The van der Waals surface area contributed by atoms with Crippen LogP contribution in [0.15, 0.2) is 91.5 Å². The molecule has 0 unspecified atom stereocenters. The molecule has 0 aliphatic rings. The Morgan fingerprint density at radius 3 is 2.27 bits per heavy atom. The van der Waals surface area contributed by atoms with E-state index in [4.69, 9.17) is 0 Å². The molecule has 5 rings (SSSR count). The van der Waals surface area contributed by atoms with E-state index in [2.05, 4.69) is 30.8 Å². The SMILES string of the molecule is Cc1nc(Nc2ccc(NC(=O)c3cccc(-n4cccn4)c3)cc2)cc(-n2cccn2)n1. The van der Waals surface area contributed by atoms with Crippen molar-refractivity contribution in [2.24, 2.45) is 0 Å². The van der Waals surface area contributed by atoms with Crippen molar-refractivity contribution >= 4 is 23.1 Å². The van der Waals surface area contributed by atoms with Crippen molar-refractivity contribution in [2.75, 3.05) is 10.6 Å². The quantitative estimate of drug-likeness (QED) is 0.415. The van der Waals surface area contributed by atoms with Gasteiger partial charge in [-0.05, 0) is 61.5 Å². The molecule has 33 heavy (non-hydrogen) atoms. The van der Waals surface area contributed by atoms with Crippen molar-refractivity contribution in [3.8, 4) is 11.5 Å². The molecule has 2 aromatic carbocycles. The summed E-state index contributed by atoms with van der Waals surface area (Å²) in [6.45, 7) is 1.83. The van der Waals surface area contributed by atoms with Gasteiger partial charge < -0.3 is 10.6 Å². The van der Waals surface area contributed by atoms with Crippen LogP contribution in [0.4, 0.5) is 17.2 Å². The highest BCUT2D eigenvalue weighted by atomic mass is 16.1. The molecule has 162 valence electrons. The molecule has 0 spiro atoms. The smallest absolute Gasteiger partial charge is 0.255 e. The van der Waals surface area contributed by atoms with Gasteiger partial charge in [-0.25, -0.2) is 19.3 Å². The lowest BCUT2D eigenvalue weighted by atomic mass is 10.2. The minimum absolute atomic E-state index is 0.194. The lowest BCUT2D eigenvalue weighted by Gasteiger charge is -2.10. The number of carbonyl (C=O) groups is 1. The molecule has 3 aromatic heterocycles. The summed E-state index contributed by atoms with van der Waals surface area (Å²) in [5.74, 6) is 1.77. The van der Waals surface area contributed by atoms with Crippen LogP contribution in [0.2, 0.25) is 0 Å². The number of carbonyl (C=O) groups excluding carboxylic acids is 1. The number of aromatic nitrogens is 6. The summed E-state index contributed by atoms with van der Waals surface area (Å²) in [5, 5.41) is 14.6. The van der Waals surface area contributed by atoms with Crippen molar-refractivity contribution in [3.05, 3.63) is 103 Å². The van der Waals surface area contributed by atoms with Gasteiger partial charge in [0, 0.05) is 47.8 Å². The summed E-state index contributed by atoms with van der Waals surface area (Å²) in [6, 6.07) is 20.2. The van der Waals surface area contributed by atoms with Crippen LogP contribution in [0.3, 0.4) is 0 Å². The molecule has 5 aromatic rings. The van der Waals surface area contributed by atoms with E-state index in [1.54, 1.807) is 33.9 Å². The first-order chi connectivity index (χ1) is 16.1. The average molecular weight is 436 g/mol. The Balaban J connectivity index is 1.28. The first-order valence-corrected chi connectivity index (χ1v) is 10.3. The highest BCUT2D eigenvalue weighted by Gasteiger charge is 2.09. The summed E-state index contributed by atoms with van der Waals surface area (Å²) in [6.07, 6.45) is 7.06. The highest BCUT2D eigenvalue weighted by molar-refractivity contribution is 6.04. The first kappa shape index (κ1) is 20.1. The average Bonchev–Trinajstić information content (AvgIpc) is 3.55. The largest absolute Gasteiger partial charge is 0.340 e. The van der Waals surface area contributed by atoms with E-state index >= 15 is 0 Å². The molecule has 0 fully saturated rings. The van der Waals surface area contributed by atoms with Crippen molar-refractivity contribution < 1.29 is 4.79 Å². The number of rotatable bonds is 6. The molecule has 9 heteroatoms. The summed E-state index contributed by atoms with van der Waals surface area (Å²) in [7, 11) is 0. The number of hydrogen-bond acceptors (Lipinski definition) is 6. The number of hydrogen-bond donors (Lipinski definition) is 2. The van der Waals surface area contributed by atoms with Gasteiger partial charge in [-0.3, -0.25) is 4.79 Å². The number of anilines is 3. The van der Waals surface area contributed by atoms with Crippen molar-refractivity contribution in [1.82, 2.24) is 29.5 Å². The Hall–Kier alpha value is -4.79. The van der Waals surface area contributed by atoms with Crippen LogP contribution in [-0.2, 0) is 0 Å². The van der Waals surface area contributed by atoms with Crippen LogP contribution in [0.25, 0.3) is 11.5 Å². The second kappa shape index (κ2) is 8.75. The fourth-order valence-electron chi connectivity index (χ4n) is 3.34. The van der Waals surface area contributed by atoms with Crippen LogP contribution in [0, 0.1) is 6.92 Å². The topological polar surface area (TPSA) is 103 Å². The van der Waals surface area contributed by atoms with Gasteiger partial charge in [0.1, 0.15) is 11.6 Å². The Morgan fingerprint density at radius 1 is 0.818 bits per heavy atom. The Morgan fingerprint density at radius 2 is 1.55 bits per heavy atom. The van der Waals surface area contributed by atoms with Gasteiger partial charge in [-0.2, -0.15) is 10.2 Å². The molecule has 0 saturated carbocycles. The van der Waals surface area contributed by atoms with Crippen molar-refractivity contribution in [2.45, 2.75) is 6.92 Å². The minimum Gasteiger partial charge on any atom is -0.340 e. The molecule has 2 N–H and O–H groups in total. The normalized spacial score (nSPS) is 10.7. The van der Waals surface area contributed by atoms with E-state index in [0.29, 0.717) is 28.7 Å². The van der Waals surface area contributed by atoms with Crippen LogP contribution in [0.5, 0.6) is 0 Å². The number of amides is 1. The van der Waals surface area contributed by atoms with E-state index in [1.165, 1.54) is 0 Å². The summed E-state index contributed by atoms with van der Waals surface area (Å²) in [5.41, 5.74) is 2.89. The van der Waals surface area contributed by atoms with E-state index in [-0.39, 0.29) is 5.91 Å². The van der Waals surface area contributed by atoms with E-state index < -0.39 is 0 Å². The highest BCUT2D eigenvalue weighted by Crippen LogP contribution is 2.20. The first-order valence-electron chi connectivity index (χ1n) is 10.3. The lowest BCUT2D eigenvalue weighted by Crippen LogP contribution is -2.12. The van der Waals surface area contributed by atoms with Crippen LogP contribution < -0.4 is 10.6 Å². The Kier molecular flexibility index (Phi) is 5.34. The van der Waals surface area contributed by atoms with E-state index in [0.717, 1.165) is 11.4 Å². The van der Waals surface area contributed by atoms with Gasteiger partial charge in [-0.1, -0.05) is 6.07 Å². The molecular formula is C24H20N8O. The van der Waals surface area contributed by atoms with E-state index in [1.807, 2.05) is 73.9 Å². The maximum absolute atomic E-state index is 12.7. The molecule has 1 amide bonds. The fraction of sp³-hybridized carbons (Fsp3) is 0.0417. The molecule has 0 atom stereocenters. The molecule has 9 nitrogen and oxygen atoms in total. The summed E-state index contributed by atoms with van der Waals surface area (Å²) < 4.78 is 3.39. The molecule has 0 aliphatic heterocycles. The van der Waals surface area contributed by atoms with Crippen LogP contribution >= 0.6 is 0 Å². The zero-order valence-electron chi connectivity index (χ0n) is 17.8. The third kappa shape index (κ3) is 4.62. The predicted octanol–water partition coefficient (Wildman–Crippen LogP) is 4.15. The number of nitrogens with one attached hydrogen (secondary N) is 2. The second-order valence-corrected chi connectivity index (χ2v) is 7.27. The molecule has 3 heterocycles. The minimum atomic E-state index is -0.194. The van der Waals surface area contributed by atoms with Crippen molar-refractivity contribution in [1.29, 1.82) is 0 Å². The molecule has 0 aliphatic carbocycles. The molecular weight excluding hydrogens is 416 g/mol.